The molecule has 1 amide bonds. The van der Waals surface area contributed by atoms with Gasteiger partial charge in [-0.3, -0.25) is 4.79 Å². The highest BCUT2D eigenvalue weighted by Crippen LogP contribution is 2.42. The Hall–Kier alpha value is -2.33. The van der Waals surface area contributed by atoms with Crippen molar-refractivity contribution >= 4 is 5.91 Å². The predicted octanol–water partition coefficient (Wildman–Crippen LogP) is 5.02. The van der Waals surface area contributed by atoms with Crippen LogP contribution in [0.1, 0.15) is 83.1 Å². The molecule has 1 saturated heterocycles. The van der Waals surface area contributed by atoms with Gasteiger partial charge < -0.3 is 15.0 Å². The molecule has 5 rings (SSSR count). The smallest absolute Gasteiger partial charge is 0.257 e. The van der Waals surface area contributed by atoms with Crippen LogP contribution in [-0.2, 0) is 12.8 Å². The summed E-state index contributed by atoms with van der Waals surface area (Å²) < 4.78 is 5.60. The normalized spacial score (nSPS) is 23.2. The number of likely N-dealkylation sites (N-methyl/N-ethyl adjacent to an activating group) is 1. The van der Waals surface area contributed by atoms with Crippen molar-refractivity contribution in [1.29, 1.82) is 0 Å². The monoisotopic (exact) mass is 418 g/mol. The number of hydrogen-bond acceptors (Lipinski definition) is 3. The zero-order valence-corrected chi connectivity index (χ0v) is 18.8. The number of benzene rings is 2. The minimum absolute atomic E-state index is 0.0654. The van der Waals surface area contributed by atoms with E-state index in [1.54, 1.807) is 7.11 Å². The summed E-state index contributed by atoms with van der Waals surface area (Å²) in [6, 6.07) is 13.9. The third-order valence-corrected chi connectivity index (χ3v) is 7.52. The van der Waals surface area contributed by atoms with Crippen LogP contribution < -0.4 is 10.1 Å². The molecule has 31 heavy (non-hydrogen) atoms. The van der Waals surface area contributed by atoms with Crippen LogP contribution in [0.5, 0.6) is 5.75 Å². The van der Waals surface area contributed by atoms with Gasteiger partial charge in [0.15, 0.2) is 0 Å². The van der Waals surface area contributed by atoms with E-state index in [1.807, 2.05) is 18.0 Å². The average Bonchev–Trinajstić information content (AvgIpc) is 3.68. The van der Waals surface area contributed by atoms with Crippen molar-refractivity contribution in [3.8, 4) is 5.75 Å². The fraction of sp³-hybridized carbons (Fsp3) is 0.519. The Morgan fingerprint density at radius 3 is 2.58 bits per heavy atom. The fourth-order valence-electron chi connectivity index (χ4n) is 5.35. The second-order valence-electron chi connectivity index (χ2n) is 9.58. The first kappa shape index (κ1) is 20.6. The van der Waals surface area contributed by atoms with Gasteiger partial charge in [-0.2, -0.15) is 0 Å². The second-order valence-corrected chi connectivity index (χ2v) is 9.58. The van der Waals surface area contributed by atoms with Crippen LogP contribution in [-0.4, -0.2) is 37.6 Å². The van der Waals surface area contributed by atoms with Crippen LogP contribution in [0.4, 0.5) is 0 Å². The number of methoxy groups -OCH3 is 1. The van der Waals surface area contributed by atoms with E-state index < -0.39 is 0 Å². The number of ether oxygens (including phenoxy) is 1. The third kappa shape index (κ3) is 4.23. The van der Waals surface area contributed by atoms with Gasteiger partial charge in [-0.1, -0.05) is 30.7 Å². The molecule has 0 aromatic heterocycles. The first-order valence-electron chi connectivity index (χ1n) is 11.9. The van der Waals surface area contributed by atoms with Gasteiger partial charge in [0, 0.05) is 19.1 Å². The molecule has 2 fully saturated rings. The highest BCUT2D eigenvalue weighted by molar-refractivity contribution is 5.97. The highest BCUT2D eigenvalue weighted by atomic mass is 16.5. The Balaban J connectivity index is 1.30. The minimum Gasteiger partial charge on any atom is -0.496 e. The molecule has 0 bridgehead atoms. The van der Waals surface area contributed by atoms with E-state index >= 15 is 0 Å². The van der Waals surface area contributed by atoms with E-state index in [2.05, 4.69) is 35.6 Å². The lowest BCUT2D eigenvalue weighted by Gasteiger charge is -2.33. The Bertz CT molecular complexity index is 960. The van der Waals surface area contributed by atoms with E-state index in [-0.39, 0.29) is 11.9 Å². The standard InChI is InChI=1S/C27H34N2O2/c1-29(27(30)24-13-11-21(18-6-7-18)17-26(24)31-2)23-12-10-19-15-22(9-8-20(19)16-23)25-5-3-4-14-28-25/h8-9,11,13,15,17-18,23,25,28H,3-7,10,12,14,16H2,1-2H3/t23-,25?/m0/s1. The van der Waals surface area contributed by atoms with E-state index in [9.17, 15) is 4.79 Å². The molecule has 1 saturated carbocycles. The summed E-state index contributed by atoms with van der Waals surface area (Å²) in [6.07, 6.45) is 9.31. The summed E-state index contributed by atoms with van der Waals surface area (Å²) in [5, 5.41) is 3.66. The lowest BCUT2D eigenvalue weighted by molar-refractivity contribution is 0.0715. The van der Waals surface area contributed by atoms with E-state index in [4.69, 9.17) is 4.74 Å². The second kappa shape index (κ2) is 8.66. The molecule has 164 valence electrons. The quantitative estimate of drug-likeness (QED) is 0.742. The van der Waals surface area contributed by atoms with Gasteiger partial charge in [-0.25, -0.2) is 0 Å². The minimum atomic E-state index is 0.0654. The summed E-state index contributed by atoms with van der Waals surface area (Å²) >= 11 is 0. The van der Waals surface area contributed by atoms with Crippen LogP contribution in [0.15, 0.2) is 36.4 Å². The van der Waals surface area contributed by atoms with Crippen LogP contribution in [0.25, 0.3) is 0 Å². The van der Waals surface area contributed by atoms with Crippen LogP contribution in [0, 0.1) is 0 Å². The SMILES string of the molecule is COc1cc(C2CC2)ccc1C(=O)N(C)[C@H]1CCc2cc(C3CCCCN3)ccc2C1. The molecule has 2 aromatic rings. The van der Waals surface area contributed by atoms with Crippen molar-refractivity contribution in [2.75, 3.05) is 20.7 Å². The lowest BCUT2D eigenvalue weighted by Crippen LogP contribution is -2.40. The number of hydrogen-bond donors (Lipinski definition) is 1. The Kier molecular flexibility index (Phi) is 5.75. The van der Waals surface area contributed by atoms with Gasteiger partial charge in [0.1, 0.15) is 5.75 Å². The summed E-state index contributed by atoms with van der Waals surface area (Å²) in [4.78, 5) is 15.3. The fourth-order valence-corrected chi connectivity index (χ4v) is 5.35. The lowest BCUT2D eigenvalue weighted by atomic mass is 9.84. The number of nitrogens with zero attached hydrogens (tertiary/aromatic N) is 1. The van der Waals surface area contributed by atoms with Gasteiger partial charge in [-0.05, 0) is 91.8 Å². The number of carbonyl (C=O) groups is 1. The molecule has 1 unspecified atom stereocenters. The largest absolute Gasteiger partial charge is 0.496 e. The zero-order chi connectivity index (χ0) is 21.4. The molecular weight excluding hydrogens is 384 g/mol. The predicted molar refractivity (Wildman–Crippen MR) is 124 cm³/mol. The van der Waals surface area contributed by atoms with Gasteiger partial charge >= 0.3 is 0 Å². The van der Waals surface area contributed by atoms with Gasteiger partial charge in [0.05, 0.1) is 12.7 Å². The molecule has 1 aliphatic heterocycles. The van der Waals surface area contributed by atoms with Crippen LogP contribution in [0.2, 0.25) is 0 Å². The van der Waals surface area contributed by atoms with Crippen molar-refractivity contribution in [2.24, 2.45) is 0 Å². The molecule has 1 heterocycles. The van der Waals surface area contributed by atoms with Gasteiger partial charge in [0.2, 0.25) is 0 Å². The van der Waals surface area contributed by atoms with E-state index in [0.717, 1.165) is 25.8 Å². The summed E-state index contributed by atoms with van der Waals surface area (Å²) in [7, 11) is 3.62. The van der Waals surface area contributed by atoms with E-state index in [0.29, 0.717) is 23.3 Å². The van der Waals surface area contributed by atoms with Gasteiger partial charge in [0.25, 0.3) is 5.91 Å². The number of aryl methyl sites for hydroxylation is 1. The molecule has 0 spiro atoms. The first-order chi connectivity index (χ1) is 15.1. The number of carbonyl (C=O) groups excluding carboxylic acids is 1. The van der Waals surface area contributed by atoms with Gasteiger partial charge in [-0.15, -0.1) is 0 Å². The number of piperidine rings is 1. The van der Waals surface area contributed by atoms with Crippen molar-refractivity contribution in [3.05, 3.63) is 64.2 Å². The third-order valence-electron chi connectivity index (χ3n) is 7.52. The van der Waals surface area contributed by atoms with Crippen molar-refractivity contribution in [2.45, 2.75) is 69.4 Å². The first-order valence-corrected chi connectivity index (χ1v) is 11.9. The number of rotatable bonds is 5. The molecule has 1 N–H and O–H groups in total. The molecule has 0 radical (unpaired) electrons. The molecule has 2 aromatic carbocycles. The summed E-state index contributed by atoms with van der Waals surface area (Å²) in [6.45, 7) is 1.13. The van der Waals surface area contributed by atoms with Crippen molar-refractivity contribution in [3.63, 3.8) is 0 Å². The molecule has 4 nitrogen and oxygen atoms in total. The Morgan fingerprint density at radius 1 is 1.00 bits per heavy atom. The van der Waals surface area contributed by atoms with Crippen LogP contribution >= 0.6 is 0 Å². The number of fused-ring (bicyclic) bond motifs is 1. The average molecular weight is 419 g/mol. The van der Waals surface area contributed by atoms with Crippen molar-refractivity contribution < 1.29 is 9.53 Å². The van der Waals surface area contributed by atoms with E-state index in [1.165, 1.54) is 54.4 Å². The Morgan fingerprint density at radius 2 is 1.84 bits per heavy atom. The molecule has 4 heteroatoms. The maximum Gasteiger partial charge on any atom is 0.257 e. The molecular formula is C27H34N2O2. The zero-order valence-electron chi connectivity index (χ0n) is 18.8. The maximum atomic E-state index is 13.3. The summed E-state index contributed by atoms with van der Waals surface area (Å²) in [5.41, 5.74) is 6.27. The number of nitrogens with one attached hydrogen (secondary N) is 1. The Labute approximate surface area is 186 Å². The summed E-state index contributed by atoms with van der Waals surface area (Å²) in [5.74, 6) is 1.43. The molecule has 2 aliphatic carbocycles. The van der Waals surface area contributed by atoms with Crippen LogP contribution in [0.3, 0.4) is 0 Å². The molecule has 2 atom stereocenters. The van der Waals surface area contributed by atoms with Crippen molar-refractivity contribution in [1.82, 2.24) is 10.2 Å². The maximum absolute atomic E-state index is 13.3. The number of amides is 1. The topological polar surface area (TPSA) is 41.6 Å². The highest BCUT2D eigenvalue weighted by Gasteiger charge is 2.29. The molecule has 3 aliphatic rings.